The van der Waals surface area contributed by atoms with Gasteiger partial charge in [0.1, 0.15) is 35.6 Å². The van der Waals surface area contributed by atoms with Crippen molar-refractivity contribution >= 4 is 17.6 Å². The number of phenolic OH excluding ortho intramolecular Hbond substituents is 1. The first-order valence-corrected chi connectivity index (χ1v) is 13.9. The van der Waals surface area contributed by atoms with E-state index in [1.54, 1.807) is 34.1 Å². The first kappa shape index (κ1) is 28.4. The van der Waals surface area contributed by atoms with E-state index in [-0.39, 0.29) is 61.7 Å². The van der Waals surface area contributed by atoms with Crippen molar-refractivity contribution in [1.29, 1.82) is 0 Å². The van der Waals surface area contributed by atoms with E-state index in [9.17, 15) is 28.3 Å². The fourth-order valence-corrected chi connectivity index (χ4v) is 5.68. The average Bonchev–Trinajstić information content (AvgIpc) is 3.40. The van der Waals surface area contributed by atoms with Crippen molar-refractivity contribution in [2.45, 2.75) is 31.8 Å². The maximum atomic E-state index is 14.2. The second-order valence-electron chi connectivity index (χ2n) is 10.8. The lowest BCUT2D eigenvalue weighted by atomic mass is 9.92. The standard InChI is InChI=1S/C32H29F2N3O6/c33-22-9-8-21(26(34)13-22)14-35-31(40)25-15-36-16-27-37(23(18-42-27)12-19-6-10-24(38)11-7-19)32(41)28(36)30(29(25)39)43-17-20-4-2-1-3-5-20/h1-11,13,23,25,27,38H,12,14-18H2,(H,35,40). The third-order valence-electron chi connectivity index (χ3n) is 7.89. The molecule has 3 unspecified atom stereocenters. The molecule has 0 saturated carbocycles. The zero-order valence-electron chi connectivity index (χ0n) is 23.0. The Morgan fingerprint density at radius 2 is 1.77 bits per heavy atom. The number of Topliss-reactive ketones (excluding diaryl/α,β-unsaturated/α-hetero) is 1. The van der Waals surface area contributed by atoms with E-state index in [2.05, 4.69) is 5.32 Å². The lowest BCUT2D eigenvalue weighted by Gasteiger charge is -2.44. The molecule has 222 valence electrons. The van der Waals surface area contributed by atoms with Gasteiger partial charge >= 0.3 is 0 Å². The van der Waals surface area contributed by atoms with Crippen molar-refractivity contribution in [1.82, 2.24) is 15.1 Å². The molecule has 2 N–H and O–H groups in total. The van der Waals surface area contributed by atoms with Crippen LogP contribution in [0.2, 0.25) is 0 Å². The van der Waals surface area contributed by atoms with Gasteiger partial charge in [0, 0.05) is 24.7 Å². The number of phenols is 1. The number of ketones is 1. The minimum Gasteiger partial charge on any atom is -0.508 e. The van der Waals surface area contributed by atoms with Gasteiger partial charge in [-0.15, -0.1) is 0 Å². The second kappa shape index (κ2) is 11.8. The van der Waals surface area contributed by atoms with Gasteiger partial charge in [-0.25, -0.2) is 8.78 Å². The Kier molecular flexibility index (Phi) is 7.81. The minimum absolute atomic E-state index is 0.00146. The van der Waals surface area contributed by atoms with E-state index in [1.807, 2.05) is 30.3 Å². The van der Waals surface area contributed by atoms with Gasteiger partial charge in [-0.3, -0.25) is 14.4 Å². The molecule has 0 bridgehead atoms. The first-order chi connectivity index (χ1) is 20.8. The molecule has 9 nitrogen and oxygen atoms in total. The second-order valence-corrected chi connectivity index (χ2v) is 10.8. The van der Waals surface area contributed by atoms with Gasteiger partial charge in [-0.1, -0.05) is 48.5 Å². The summed E-state index contributed by atoms with van der Waals surface area (Å²) in [7, 11) is 0. The zero-order chi connectivity index (χ0) is 30.1. The summed E-state index contributed by atoms with van der Waals surface area (Å²) in [6.45, 7) is 0.155. The molecule has 2 saturated heterocycles. The summed E-state index contributed by atoms with van der Waals surface area (Å²) in [6.07, 6.45) is -0.117. The summed E-state index contributed by atoms with van der Waals surface area (Å²) in [4.78, 5) is 44.3. The Morgan fingerprint density at radius 3 is 2.51 bits per heavy atom. The lowest BCUT2D eigenvalue weighted by Crippen LogP contribution is -2.60. The quantitative estimate of drug-likeness (QED) is 0.389. The topological polar surface area (TPSA) is 108 Å². The Balaban J connectivity index is 1.26. The molecule has 43 heavy (non-hydrogen) atoms. The van der Waals surface area contributed by atoms with Crippen LogP contribution in [0.5, 0.6) is 5.75 Å². The molecule has 3 aliphatic rings. The van der Waals surface area contributed by atoms with Crippen LogP contribution in [0.4, 0.5) is 8.78 Å². The van der Waals surface area contributed by atoms with Crippen LogP contribution in [0, 0.1) is 17.6 Å². The zero-order valence-corrected chi connectivity index (χ0v) is 23.0. The molecule has 3 aromatic rings. The van der Waals surface area contributed by atoms with E-state index in [0.29, 0.717) is 6.42 Å². The van der Waals surface area contributed by atoms with Gasteiger partial charge in [0.25, 0.3) is 5.91 Å². The smallest absolute Gasteiger partial charge is 0.276 e. The van der Waals surface area contributed by atoms with Crippen LogP contribution >= 0.6 is 0 Å². The number of nitrogens with zero attached hydrogens (tertiary/aromatic N) is 2. The number of fused-ring (bicyclic) bond motifs is 2. The third kappa shape index (κ3) is 5.80. The fraction of sp³-hybridized carbons (Fsp3) is 0.281. The van der Waals surface area contributed by atoms with E-state index in [0.717, 1.165) is 23.3 Å². The van der Waals surface area contributed by atoms with Crippen molar-refractivity contribution in [2.75, 3.05) is 19.7 Å². The molecule has 0 spiro atoms. The van der Waals surface area contributed by atoms with Crippen LogP contribution < -0.4 is 5.32 Å². The Bertz CT molecular complexity index is 1580. The van der Waals surface area contributed by atoms with Crippen LogP contribution in [0.3, 0.4) is 0 Å². The Labute approximate surface area is 246 Å². The van der Waals surface area contributed by atoms with Gasteiger partial charge in [0.2, 0.25) is 11.7 Å². The molecule has 3 atom stereocenters. The first-order valence-electron chi connectivity index (χ1n) is 13.9. The van der Waals surface area contributed by atoms with E-state index < -0.39 is 41.4 Å². The van der Waals surface area contributed by atoms with E-state index in [1.165, 1.54) is 6.07 Å². The number of rotatable bonds is 8. The number of aromatic hydroxyl groups is 1. The van der Waals surface area contributed by atoms with Crippen LogP contribution in [0.15, 0.2) is 84.3 Å². The third-order valence-corrected chi connectivity index (χ3v) is 7.89. The van der Waals surface area contributed by atoms with Gasteiger partial charge in [-0.2, -0.15) is 0 Å². The number of ether oxygens (including phenoxy) is 2. The number of carbonyl (C=O) groups excluding carboxylic acids is 3. The van der Waals surface area contributed by atoms with Gasteiger partial charge in [0.15, 0.2) is 12.0 Å². The summed E-state index contributed by atoms with van der Waals surface area (Å²) >= 11 is 0. The van der Waals surface area contributed by atoms with Crippen molar-refractivity contribution in [3.05, 3.63) is 113 Å². The average molecular weight is 590 g/mol. The molecule has 6 rings (SSSR count). The molecule has 0 aliphatic carbocycles. The fourth-order valence-electron chi connectivity index (χ4n) is 5.68. The maximum Gasteiger partial charge on any atom is 0.276 e. The predicted octanol–water partition coefficient (Wildman–Crippen LogP) is 3.03. The molecule has 3 heterocycles. The minimum atomic E-state index is -1.23. The van der Waals surface area contributed by atoms with Crippen molar-refractivity contribution in [2.24, 2.45) is 5.92 Å². The number of allylic oxidation sites excluding steroid dienone is 1. The number of hydrogen-bond acceptors (Lipinski definition) is 7. The number of benzene rings is 3. The SMILES string of the molecule is O=C(NCc1ccc(F)cc1F)C1CN2CC3OCC(Cc4ccc(O)cc4)N3C(=O)C2=C(OCc2ccccc2)C1=O. The van der Waals surface area contributed by atoms with Crippen LogP contribution in [0.25, 0.3) is 0 Å². The molecular formula is C32H29F2N3O6. The van der Waals surface area contributed by atoms with Gasteiger partial charge in [0.05, 0.1) is 19.2 Å². The summed E-state index contributed by atoms with van der Waals surface area (Å²) in [6, 6.07) is 18.6. The lowest BCUT2D eigenvalue weighted by molar-refractivity contribution is -0.148. The van der Waals surface area contributed by atoms with Crippen molar-refractivity contribution < 1.29 is 37.7 Å². The van der Waals surface area contributed by atoms with E-state index >= 15 is 0 Å². The van der Waals surface area contributed by atoms with Crippen LogP contribution in [-0.4, -0.2) is 64.5 Å². The summed E-state index contributed by atoms with van der Waals surface area (Å²) in [5.41, 5.74) is 1.82. The number of piperazine rings is 1. The summed E-state index contributed by atoms with van der Waals surface area (Å²) in [5, 5.41) is 12.2. The van der Waals surface area contributed by atoms with Crippen LogP contribution in [0.1, 0.15) is 16.7 Å². The molecule has 2 amide bonds. The number of halogens is 2. The number of nitrogens with one attached hydrogen (secondary N) is 1. The van der Waals surface area contributed by atoms with Crippen LogP contribution in [-0.2, 0) is 43.4 Å². The molecule has 0 aromatic heterocycles. The Hall–Kier alpha value is -4.77. The number of hydrogen-bond donors (Lipinski definition) is 2. The molecule has 3 aromatic carbocycles. The largest absolute Gasteiger partial charge is 0.508 e. The highest BCUT2D eigenvalue weighted by atomic mass is 19.1. The summed E-state index contributed by atoms with van der Waals surface area (Å²) < 4.78 is 39.5. The van der Waals surface area contributed by atoms with Gasteiger partial charge in [-0.05, 0) is 35.7 Å². The van der Waals surface area contributed by atoms with Crippen molar-refractivity contribution in [3.8, 4) is 5.75 Å². The van der Waals surface area contributed by atoms with E-state index in [4.69, 9.17) is 9.47 Å². The number of carbonyl (C=O) groups is 3. The molecular weight excluding hydrogens is 560 g/mol. The maximum absolute atomic E-state index is 14.2. The summed E-state index contributed by atoms with van der Waals surface area (Å²) in [5.74, 6) is -4.60. The predicted molar refractivity (Wildman–Crippen MR) is 149 cm³/mol. The molecule has 2 fully saturated rings. The molecule has 0 radical (unpaired) electrons. The Morgan fingerprint density at radius 1 is 1.00 bits per heavy atom. The molecule has 11 heteroatoms. The van der Waals surface area contributed by atoms with Crippen molar-refractivity contribution in [3.63, 3.8) is 0 Å². The normalized spacial score (nSPS) is 21.5. The number of amides is 2. The highest BCUT2D eigenvalue weighted by molar-refractivity contribution is 6.14. The molecule has 3 aliphatic heterocycles. The van der Waals surface area contributed by atoms with Gasteiger partial charge < -0.3 is 29.7 Å². The highest BCUT2D eigenvalue weighted by Gasteiger charge is 2.51. The highest BCUT2D eigenvalue weighted by Crippen LogP contribution is 2.35. The monoisotopic (exact) mass is 589 g/mol.